The summed E-state index contributed by atoms with van der Waals surface area (Å²) in [5.41, 5.74) is -3.00. The van der Waals surface area contributed by atoms with Crippen molar-refractivity contribution in [2.45, 2.75) is 31.0 Å². The lowest BCUT2D eigenvalue weighted by Crippen LogP contribution is -2.11. The van der Waals surface area contributed by atoms with E-state index in [0.29, 0.717) is 12.3 Å². The summed E-state index contributed by atoms with van der Waals surface area (Å²) in [6.45, 7) is 4.07. The third-order valence-electron chi connectivity index (χ3n) is 2.04. The van der Waals surface area contributed by atoms with Gasteiger partial charge >= 0.3 is 5.51 Å². The third kappa shape index (κ3) is 3.78. The van der Waals surface area contributed by atoms with E-state index >= 15 is 0 Å². The van der Waals surface area contributed by atoms with Gasteiger partial charge in [-0.15, -0.1) is 0 Å². The summed E-state index contributed by atoms with van der Waals surface area (Å²) < 4.78 is 36.0. The molecule has 80 valence electrons. The Morgan fingerprint density at radius 3 is 2.43 bits per heavy atom. The first-order chi connectivity index (χ1) is 6.38. The largest absolute Gasteiger partial charge is 0.442 e. The van der Waals surface area contributed by atoms with E-state index in [4.69, 9.17) is 0 Å². The van der Waals surface area contributed by atoms with Crippen molar-refractivity contribution in [3.05, 3.63) is 23.8 Å². The smallest absolute Gasteiger partial charge is 0.160 e. The summed E-state index contributed by atoms with van der Waals surface area (Å²) in [6.07, 6.45) is 5.83. The van der Waals surface area contributed by atoms with Gasteiger partial charge in [0.05, 0.1) is 0 Å². The highest BCUT2D eigenvalue weighted by Gasteiger charge is 2.32. The quantitative estimate of drug-likeness (QED) is 0.676. The van der Waals surface area contributed by atoms with Gasteiger partial charge in [0, 0.05) is 5.25 Å². The molecule has 0 nitrogen and oxygen atoms in total. The van der Waals surface area contributed by atoms with Gasteiger partial charge in [-0.05, 0) is 29.7 Å². The first-order valence-corrected chi connectivity index (χ1v) is 5.39. The standard InChI is InChI=1S/C10H13F3S/c1-7(2)8-3-5-9(6-4-8)14-10(11,12)13/h3-5,7,9H,6H2,1-2H3. The molecule has 0 bridgehead atoms. The lowest BCUT2D eigenvalue weighted by atomic mass is 9.97. The molecule has 0 saturated carbocycles. The van der Waals surface area contributed by atoms with Crippen LogP contribution in [0, 0.1) is 5.92 Å². The number of rotatable bonds is 2. The minimum absolute atomic E-state index is 0.0600. The number of thioether (sulfide) groups is 1. The molecule has 0 radical (unpaired) electrons. The molecule has 1 unspecified atom stereocenters. The zero-order valence-electron chi connectivity index (χ0n) is 8.14. The van der Waals surface area contributed by atoms with E-state index in [1.54, 1.807) is 12.2 Å². The normalized spacial score (nSPS) is 22.7. The predicted molar refractivity (Wildman–Crippen MR) is 54.1 cm³/mol. The number of allylic oxidation sites excluding steroid dienone is 3. The maximum Gasteiger partial charge on any atom is 0.442 e. The predicted octanol–water partition coefficient (Wildman–Crippen LogP) is 4.15. The summed E-state index contributed by atoms with van der Waals surface area (Å²) in [5.74, 6) is 0.392. The molecule has 0 saturated heterocycles. The summed E-state index contributed by atoms with van der Waals surface area (Å²) in [5, 5.41) is -0.447. The molecule has 4 heteroatoms. The molecule has 1 aliphatic rings. The van der Waals surface area contributed by atoms with Crippen LogP contribution in [0.1, 0.15) is 20.3 Å². The van der Waals surface area contributed by atoms with Crippen molar-refractivity contribution < 1.29 is 13.2 Å². The van der Waals surface area contributed by atoms with Crippen molar-refractivity contribution in [3.63, 3.8) is 0 Å². The molecule has 0 aromatic rings. The van der Waals surface area contributed by atoms with Crippen molar-refractivity contribution in [3.8, 4) is 0 Å². The van der Waals surface area contributed by atoms with Crippen LogP contribution in [-0.2, 0) is 0 Å². The van der Waals surface area contributed by atoms with E-state index in [1.165, 1.54) is 0 Å². The molecule has 0 aromatic heterocycles. The Bertz CT molecular complexity index is 251. The molecule has 0 N–H and O–H groups in total. The fourth-order valence-corrected chi connectivity index (χ4v) is 2.00. The van der Waals surface area contributed by atoms with E-state index in [-0.39, 0.29) is 11.8 Å². The number of hydrogen-bond donors (Lipinski definition) is 0. The lowest BCUT2D eigenvalue weighted by molar-refractivity contribution is -0.0331. The Morgan fingerprint density at radius 2 is 2.07 bits per heavy atom. The van der Waals surface area contributed by atoms with Crippen LogP contribution < -0.4 is 0 Å². The third-order valence-corrected chi connectivity index (χ3v) is 2.96. The van der Waals surface area contributed by atoms with E-state index in [0.717, 1.165) is 5.57 Å². The van der Waals surface area contributed by atoms with Gasteiger partial charge < -0.3 is 0 Å². The maximum absolute atomic E-state index is 12.0. The summed E-state index contributed by atoms with van der Waals surface area (Å²) in [7, 11) is 0. The zero-order chi connectivity index (χ0) is 10.8. The summed E-state index contributed by atoms with van der Waals surface area (Å²) in [4.78, 5) is 0. The fraction of sp³-hybridized carbons (Fsp3) is 0.600. The van der Waals surface area contributed by atoms with Crippen LogP contribution in [0.2, 0.25) is 0 Å². The average Bonchev–Trinajstić information content (AvgIpc) is 2.02. The molecule has 0 aliphatic heterocycles. The van der Waals surface area contributed by atoms with Crippen LogP contribution in [-0.4, -0.2) is 10.8 Å². The highest BCUT2D eigenvalue weighted by molar-refractivity contribution is 8.00. The van der Waals surface area contributed by atoms with Crippen LogP contribution in [0.5, 0.6) is 0 Å². The molecule has 0 heterocycles. The van der Waals surface area contributed by atoms with Gasteiger partial charge in [-0.1, -0.05) is 32.1 Å². The summed E-state index contributed by atoms with van der Waals surface area (Å²) in [6, 6.07) is 0. The topological polar surface area (TPSA) is 0 Å². The van der Waals surface area contributed by atoms with Gasteiger partial charge in [-0.2, -0.15) is 13.2 Å². The molecule has 0 amide bonds. The van der Waals surface area contributed by atoms with Crippen LogP contribution in [0.3, 0.4) is 0 Å². The Hall–Kier alpha value is -0.380. The molecular weight excluding hydrogens is 209 g/mol. The monoisotopic (exact) mass is 222 g/mol. The molecule has 0 spiro atoms. The maximum atomic E-state index is 12.0. The number of halogens is 3. The minimum Gasteiger partial charge on any atom is -0.160 e. The molecule has 1 rings (SSSR count). The van der Waals surface area contributed by atoms with Gasteiger partial charge in [0.15, 0.2) is 0 Å². The minimum atomic E-state index is -4.13. The van der Waals surface area contributed by atoms with E-state index < -0.39 is 10.8 Å². The van der Waals surface area contributed by atoms with E-state index in [9.17, 15) is 13.2 Å². The average molecular weight is 222 g/mol. The van der Waals surface area contributed by atoms with Crippen molar-refractivity contribution in [1.29, 1.82) is 0 Å². The van der Waals surface area contributed by atoms with Crippen LogP contribution >= 0.6 is 11.8 Å². The Kier molecular flexibility index (Phi) is 3.70. The number of alkyl halides is 3. The molecule has 0 fully saturated rings. The van der Waals surface area contributed by atoms with Crippen molar-refractivity contribution in [1.82, 2.24) is 0 Å². The number of hydrogen-bond acceptors (Lipinski definition) is 1. The van der Waals surface area contributed by atoms with Crippen molar-refractivity contribution >= 4 is 11.8 Å². The van der Waals surface area contributed by atoms with Crippen molar-refractivity contribution in [2.24, 2.45) is 5.92 Å². The van der Waals surface area contributed by atoms with E-state index in [1.807, 2.05) is 19.9 Å². The molecular formula is C10H13F3S. The van der Waals surface area contributed by atoms with Crippen molar-refractivity contribution in [2.75, 3.05) is 0 Å². The molecule has 14 heavy (non-hydrogen) atoms. The summed E-state index contributed by atoms with van der Waals surface area (Å²) >= 11 is 0.0600. The molecule has 0 aromatic carbocycles. The van der Waals surface area contributed by atoms with Crippen LogP contribution in [0.15, 0.2) is 23.8 Å². The zero-order valence-corrected chi connectivity index (χ0v) is 8.95. The van der Waals surface area contributed by atoms with Gasteiger partial charge in [0.1, 0.15) is 0 Å². The van der Waals surface area contributed by atoms with Gasteiger partial charge in [0.2, 0.25) is 0 Å². The highest BCUT2D eigenvalue weighted by atomic mass is 32.2. The Balaban J connectivity index is 2.49. The SMILES string of the molecule is CC(C)C1=CCC(SC(F)(F)F)C=C1. The van der Waals surface area contributed by atoms with E-state index in [2.05, 4.69) is 0 Å². The van der Waals surface area contributed by atoms with Gasteiger partial charge in [-0.25, -0.2) is 0 Å². The van der Waals surface area contributed by atoms with Crippen LogP contribution in [0.4, 0.5) is 13.2 Å². The first-order valence-electron chi connectivity index (χ1n) is 4.51. The molecule has 1 aliphatic carbocycles. The van der Waals surface area contributed by atoms with Gasteiger partial charge in [-0.3, -0.25) is 0 Å². The Morgan fingerprint density at radius 1 is 1.43 bits per heavy atom. The second-order valence-corrected chi connectivity index (χ2v) is 4.86. The lowest BCUT2D eigenvalue weighted by Gasteiger charge is -2.18. The second kappa shape index (κ2) is 4.43. The highest BCUT2D eigenvalue weighted by Crippen LogP contribution is 2.37. The first kappa shape index (κ1) is 11.7. The van der Waals surface area contributed by atoms with Crippen LogP contribution in [0.25, 0.3) is 0 Å². The second-order valence-electron chi connectivity index (χ2n) is 3.56. The fourth-order valence-electron chi connectivity index (χ4n) is 1.30. The molecule has 1 atom stereocenters. The van der Waals surface area contributed by atoms with Gasteiger partial charge in [0.25, 0.3) is 0 Å². The Labute approximate surface area is 86.3 Å².